The third kappa shape index (κ3) is 5.29. The first-order valence-electron chi connectivity index (χ1n) is 11.2. The Morgan fingerprint density at radius 2 is 1.70 bits per heavy atom. The van der Waals surface area contributed by atoms with Gasteiger partial charge >= 0.3 is 0 Å². The molecule has 0 radical (unpaired) electrons. The minimum atomic E-state index is -0.159. The third-order valence-corrected chi connectivity index (χ3v) is 6.27. The first-order chi connectivity index (χ1) is 16.0. The van der Waals surface area contributed by atoms with Crippen molar-refractivity contribution >= 4 is 17.3 Å². The number of nitrogens with zero attached hydrogens (tertiary/aromatic N) is 1. The minimum Gasteiger partial charge on any atom is -0.493 e. The van der Waals surface area contributed by atoms with Crippen LogP contribution in [0.5, 0.6) is 11.5 Å². The van der Waals surface area contributed by atoms with Gasteiger partial charge in [0.25, 0.3) is 5.91 Å². The Morgan fingerprint density at radius 1 is 1.00 bits per heavy atom. The number of nitrogen functional groups attached to an aromatic ring is 1. The van der Waals surface area contributed by atoms with E-state index in [0.717, 1.165) is 55.2 Å². The van der Waals surface area contributed by atoms with E-state index in [1.54, 1.807) is 26.4 Å². The van der Waals surface area contributed by atoms with E-state index >= 15 is 0 Å². The number of aryl methyl sites for hydroxylation is 1. The van der Waals surface area contributed by atoms with E-state index in [1.807, 2.05) is 25.1 Å². The number of anilines is 2. The number of carbonyl (C=O) groups is 1. The number of benzene rings is 3. The summed E-state index contributed by atoms with van der Waals surface area (Å²) in [5.74, 6) is 1.42. The fourth-order valence-electron chi connectivity index (χ4n) is 4.16. The molecule has 0 aliphatic carbocycles. The molecule has 6 nitrogen and oxygen atoms in total. The lowest BCUT2D eigenvalue weighted by Crippen LogP contribution is -2.32. The summed E-state index contributed by atoms with van der Waals surface area (Å²) in [5, 5.41) is 2.94. The number of hydrogen-bond acceptors (Lipinski definition) is 5. The summed E-state index contributed by atoms with van der Waals surface area (Å²) in [5.41, 5.74) is 12.7. The van der Waals surface area contributed by atoms with Crippen LogP contribution in [0.15, 0.2) is 54.6 Å². The SMILES string of the molecule is COc1cc2c(cc1OC)CN(CCc1ccc(NC(=O)c3ccc(C)c(N)c3)cc1)CC2. The van der Waals surface area contributed by atoms with E-state index in [2.05, 4.69) is 34.5 Å². The molecule has 0 spiro atoms. The Kier molecular flexibility index (Phi) is 6.84. The second-order valence-corrected chi connectivity index (χ2v) is 8.47. The molecule has 33 heavy (non-hydrogen) atoms. The van der Waals surface area contributed by atoms with Crippen molar-refractivity contribution in [3.05, 3.63) is 82.4 Å². The highest BCUT2D eigenvalue weighted by Gasteiger charge is 2.19. The van der Waals surface area contributed by atoms with E-state index in [-0.39, 0.29) is 5.91 Å². The Hall–Kier alpha value is -3.51. The summed E-state index contributed by atoms with van der Waals surface area (Å²) in [6.45, 7) is 4.83. The highest BCUT2D eigenvalue weighted by atomic mass is 16.5. The zero-order valence-corrected chi connectivity index (χ0v) is 19.5. The summed E-state index contributed by atoms with van der Waals surface area (Å²) >= 11 is 0. The quantitative estimate of drug-likeness (QED) is 0.526. The second-order valence-electron chi connectivity index (χ2n) is 8.47. The average molecular weight is 446 g/mol. The number of methoxy groups -OCH3 is 2. The molecule has 3 aromatic rings. The van der Waals surface area contributed by atoms with E-state index in [9.17, 15) is 4.79 Å². The molecule has 6 heteroatoms. The predicted molar refractivity (Wildman–Crippen MR) is 132 cm³/mol. The zero-order chi connectivity index (χ0) is 23.4. The molecule has 0 saturated heterocycles. The van der Waals surface area contributed by atoms with Gasteiger partial charge in [0.05, 0.1) is 14.2 Å². The van der Waals surface area contributed by atoms with Crippen molar-refractivity contribution in [2.75, 3.05) is 38.4 Å². The molecule has 0 saturated carbocycles. The van der Waals surface area contributed by atoms with Crippen molar-refractivity contribution < 1.29 is 14.3 Å². The predicted octanol–water partition coefficient (Wildman–Crippen LogP) is 4.45. The van der Waals surface area contributed by atoms with Gasteiger partial charge in [-0.2, -0.15) is 0 Å². The molecule has 4 rings (SSSR count). The molecule has 1 heterocycles. The summed E-state index contributed by atoms with van der Waals surface area (Å²) in [4.78, 5) is 15.0. The van der Waals surface area contributed by atoms with Gasteiger partial charge in [-0.05, 0) is 78.4 Å². The van der Waals surface area contributed by atoms with Gasteiger partial charge in [-0.1, -0.05) is 18.2 Å². The van der Waals surface area contributed by atoms with Crippen molar-refractivity contribution in [2.24, 2.45) is 0 Å². The fourth-order valence-corrected chi connectivity index (χ4v) is 4.16. The van der Waals surface area contributed by atoms with Crippen LogP contribution in [0.4, 0.5) is 11.4 Å². The number of ether oxygens (including phenoxy) is 2. The lowest BCUT2D eigenvalue weighted by Gasteiger charge is -2.29. The van der Waals surface area contributed by atoms with Gasteiger partial charge in [0, 0.05) is 36.6 Å². The molecule has 0 bridgehead atoms. The van der Waals surface area contributed by atoms with Crippen LogP contribution in [0.25, 0.3) is 0 Å². The van der Waals surface area contributed by atoms with Crippen LogP contribution in [0.2, 0.25) is 0 Å². The first kappa shape index (κ1) is 22.7. The zero-order valence-electron chi connectivity index (χ0n) is 19.5. The third-order valence-electron chi connectivity index (χ3n) is 6.27. The maximum absolute atomic E-state index is 12.5. The van der Waals surface area contributed by atoms with Crippen LogP contribution in [0, 0.1) is 6.92 Å². The molecule has 1 aliphatic heterocycles. The van der Waals surface area contributed by atoms with Crippen LogP contribution in [0.1, 0.15) is 32.6 Å². The largest absolute Gasteiger partial charge is 0.493 e. The number of carbonyl (C=O) groups excluding carboxylic acids is 1. The van der Waals surface area contributed by atoms with Gasteiger partial charge in [-0.25, -0.2) is 0 Å². The van der Waals surface area contributed by atoms with Crippen molar-refractivity contribution in [3.63, 3.8) is 0 Å². The number of nitrogens with two attached hydrogens (primary N) is 1. The molecule has 0 fully saturated rings. The van der Waals surface area contributed by atoms with Crippen molar-refractivity contribution in [1.29, 1.82) is 0 Å². The number of nitrogens with one attached hydrogen (secondary N) is 1. The molecular weight excluding hydrogens is 414 g/mol. The van der Waals surface area contributed by atoms with Crippen LogP contribution >= 0.6 is 0 Å². The molecular formula is C27H31N3O3. The Bertz CT molecular complexity index is 1140. The second kappa shape index (κ2) is 9.96. The van der Waals surface area contributed by atoms with E-state index in [1.165, 1.54) is 16.7 Å². The number of amides is 1. The maximum Gasteiger partial charge on any atom is 0.255 e. The van der Waals surface area contributed by atoms with Crippen LogP contribution < -0.4 is 20.5 Å². The van der Waals surface area contributed by atoms with Gasteiger partial charge < -0.3 is 20.5 Å². The Morgan fingerprint density at radius 3 is 2.36 bits per heavy atom. The summed E-state index contributed by atoms with van der Waals surface area (Å²) in [7, 11) is 3.35. The lowest BCUT2D eigenvalue weighted by molar-refractivity contribution is 0.102. The van der Waals surface area contributed by atoms with Gasteiger partial charge in [0.2, 0.25) is 0 Å². The van der Waals surface area contributed by atoms with Gasteiger partial charge in [-0.15, -0.1) is 0 Å². The van der Waals surface area contributed by atoms with Crippen molar-refractivity contribution in [3.8, 4) is 11.5 Å². The highest BCUT2D eigenvalue weighted by molar-refractivity contribution is 6.04. The van der Waals surface area contributed by atoms with Crippen LogP contribution in [0.3, 0.4) is 0 Å². The molecule has 172 valence electrons. The number of rotatable bonds is 7. The van der Waals surface area contributed by atoms with E-state index in [4.69, 9.17) is 15.2 Å². The number of fused-ring (bicyclic) bond motifs is 1. The first-order valence-corrected chi connectivity index (χ1v) is 11.2. The van der Waals surface area contributed by atoms with Crippen LogP contribution in [-0.4, -0.2) is 38.1 Å². The smallest absolute Gasteiger partial charge is 0.255 e. The summed E-state index contributed by atoms with van der Waals surface area (Å²) < 4.78 is 10.9. The van der Waals surface area contributed by atoms with Gasteiger partial charge in [0.15, 0.2) is 11.5 Å². The monoisotopic (exact) mass is 445 g/mol. The van der Waals surface area contributed by atoms with E-state index in [0.29, 0.717) is 11.3 Å². The van der Waals surface area contributed by atoms with Gasteiger partial charge in [0.1, 0.15) is 0 Å². The standard InChI is InChI=1S/C27H31N3O3/c1-18-4-7-21(14-24(18)28)27(31)29-23-8-5-19(6-9-23)10-12-30-13-11-20-15-25(32-2)26(33-3)16-22(20)17-30/h4-9,14-16H,10-13,17,28H2,1-3H3,(H,29,31). The summed E-state index contributed by atoms with van der Waals surface area (Å²) in [6, 6.07) is 17.6. The minimum absolute atomic E-state index is 0.159. The normalized spacial score (nSPS) is 13.3. The lowest BCUT2D eigenvalue weighted by atomic mass is 9.98. The Labute approximate surface area is 195 Å². The molecule has 0 aromatic heterocycles. The fraction of sp³-hybridized carbons (Fsp3) is 0.296. The van der Waals surface area contributed by atoms with Gasteiger partial charge in [-0.3, -0.25) is 9.69 Å². The average Bonchev–Trinajstić information content (AvgIpc) is 2.84. The highest BCUT2D eigenvalue weighted by Crippen LogP contribution is 2.33. The van der Waals surface area contributed by atoms with E-state index < -0.39 is 0 Å². The molecule has 3 N–H and O–H groups in total. The molecule has 3 aromatic carbocycles. The topological polar surface area (TPSA) is 76.8 Å². The molecule has 1 amide bonds. The molecule has 0 atom stereocenters. The molecule has 1 aliphatic rings. The van der Waals surface area contributed by atoms with Crippen molar-refractivity contribution in [1.82, 2.24) is 4.90 Å². The van der Waals surface area contributed by atoms with Crippen LogP contribution in [-0.2, 0) is 19.4 Å². The maximum atomic E-state index is 12.5. The molecule has 0 unspecified atom stereocenters. The van der Waals surface area contributed by atoms with Crippen molar-refractivity contribution in [2.45, 2.75) is 26.3 Å². The number of hydrogen-bond donors (Lipinski definition) is 2. The Balaban J connectivity index is 1.32. The summed E-state index contributed by atoms with van der Waals surface area (Å²) in [6.07, 6.45) is 1.95.